The molecule has 0 saturated carbocycles. The van der Waals surface area contributed by atoms with E-state index in [1.54, 1.807) is 0 Å². The number of benzene rings is 1. The van der Waals surface area contributed by atoms with Crippen LogP contribution in [0.3, 0.4) is 0 Å². The van der Waals surface area contributed by atoms with Crippen LogP contribution in [-0.4, -0.2) is 6.61 Å². The molecular formula is C14H20BrClO. The molecule has 0 aliphatic heterocycles. The molecule has 0 aliphatic rings. The predicted molar refractivity (Wildman–Crippen MR) is 78.0 cm³/mol. The number of hydrogen-bond acceptors (Lipinski definition) is 1. The fraction of sp³-hybridized carbons (Fsp3) is 0.571. The number of halogens is 2. The zero-order valence-corrected chi connectivity index (χ0v) is 12.7. The molecule has 0 N–H and O–H groups in total. The van der Waals surface area contributed by atoms with Crippen LogP contribution in [0.5, 0.6) is 5.75 Å². The Bertz CT molecular complexity index is 328. The van der Waals surface area contributed by atoms with Gasteiger partial charge < -0.3 is 4.74 Å². The van der Waals surface area contributed by atoms with Gasteiger partial charge in [0.25, 0.3) is 0 Å². The maximum Gasteiger partial charge on any atom is 0.133 e. The highest BCUT2D eigenvalue weighted by Gasteiger charge is 2.02. The van der Waals surface area contributed by atoms with Crippen LogP contribution in [0.2, 0.25) is 0 Å². The molecule has 0 atom stereocenters. The summed E-state index contributed by atoms with van der Waals surface area (Å²) in [6.45, 7) is 3.02. The summed E-state index contributed by atoms with van der Waals surface area (Å²) in [5.74, 6) is 1.45. The number of unbranched alkanes of at least 4 members (excludes halogenated alkanes) is 4. The summed E-state index contributed by atoms with van der Waals surface area (Å²) in [6, 6.07) is 6.00. The van der Waals surface area contributed by atoms with Crippen molar-refractivity contribution in [1.29, 1.82) is 0 Å². The Hall–Kier alpha value is -0.210. The Morgan fingerprint density at radius 2 is 1.94 bits per heavy atom. The molecule has 0 aliphatic carbocycles. The van der Waals surface area contributed by atoms with Crippen molar-refractivity contribution in [3.05, 3.63) is 28.2 Å². The van der Waals surface area contributed by atoms with Crippen molar-refractivity contribution in [2.45, 2.75) is 44.9 Å². The minimum atomic E-state index is 0.538. The zero-order chi connectivity index (χ0) is 12.5. The SMILES string of the molecule is CCCCCCCOc1ccc(CCl)cc1Br. The van der Waals surface area contributed by atoms with E-state index in [1.165, 1.54) is 25.7 Å². The molecular weight excluding hydrogens is 300 g/mol. The first kappa shape index (κ1) is 14.8. The van der Waals surface area contributed by atoms with Crippen molar-refractivity contribution in [3.63, 3.8) is 0 Å². The highest BCUT2D eigenvalue weighted by molar-refractivity contribution is 9.10. The molecule has 0 unspecified atom stereocenters. The smallest absolute Gasteiger partial charge is 0.133 e. The van der Waals surface area contributed by atoms with Gasteiger partial charge in [0.1, 0.15) is 5.75 Å². The molecule has 0 spiro atoms. The Balaban J connectivity index is 2.27. The second kappa shape index (κ2) is 8.82. The van der Waals surface area contributed by atoms with Crippen LogP contribution in [0.25, 0.3) is 0 Å². The monoisotopic (exact) mass is 318 g/mol. The van der Waals surface area contributed by atoms with Crippen LogP contribution < -0.4 is 4.74 Å². The van der Waals surface area contributed by atoms with Crippen molar-refractivity contribution in [1.82, 2.24) is 0 Å². The summed E-state index contributed by atoms with van der Waals surface area (Å²) in [5.41, 5.74) is 1.11. The Morgan fingerprint density at radius 1 is 1.18 bits per heavy atom. The van der Waals surface area contributed by atoms with E-state index in [4.69, 9.17) is 16.3 Å². The van der Waals surface area contributed by atoms with Crippen LogP contribution in [0.15, 0.2) is 22.7 Å². The van der Waals surface area contributed by atoms with Crippen molar-refractivity contribution in [2.24, 2.45) is 0 Å². The Labute approximate surface area is 118 Å². The zero-order valence-electron chi connectivity index (χ0n) is 10.3. The third kappa shape index (κ3) is 5.78. The second-order valence-electron chi connectivity index (χ2n) is 4.16. The highest BCUT2D eigenvalue weighted by atomic mass is 79.9. The molecule has 3 heteroatoms. The van der Waals surface area contributed by atoms with E-state index >= 15 is 0 Å². The van der Waals surface area contributed by atoms with Crippen LogP contribution in [-0.2, 0) is 5.88 Å². The van der Waals surface area contributed by atoms with Crippen molar-refractivity contribution >= 4 is 27.5 Å². The van der Waals surface area contributed by atoms with Crippen molar-refractivity contribution in [2.75, 3.05) is 6.61 Å². The van der Waals surface area contributed by atoms with Crippen LogP contribution in [0.1, 0.15) is 44.6 Å². The molecule has 1 aromatic carbocycles. The van der Waals surface area contributed by atoms with Gasteiger partial charge in [-0.2, -0.15) is 0 Å². The molecule has 0 radical (unpaired) electrons. The van der Waals surface area contributed by atoms with Crippen LogP contribution >= 0.6 is 27.5 Å². The summed E-state index contributed by atoms with van der Waals surface area (Å²) in [5, 5.41) is 0. The van der Waals surface area contributed by atoms with E-state index in [2.05, 4.69) is 22.9 Å². The van der Waals surface area contributed by atoms with Gasteiger partial charge in [-0.3, -0.25) is 0 Å². The lowest BCUT2D eigenvalue weighted by molar-refractivity contribution is 0.302. The minimum Gasteiger partial charge on any atom is -0.492 e. The average Bonchev–Trinajstić information content (AvgIpc) is 2.35. The number of rotatable bonds is 8. The molecule has 1 nitrogen and oxygen atoms in total. The van der Waals surface area contributed by atoms with Gasteiger partial charge >= 0.3 is 0 Å². The first-order valence-electron chi connectivity index (χ1n) is 6.25. The van der Waals surface area contributed by atoms with E-state index in [9.17, 15) is 0 Å². The summed E-state index contributed by atoms with van der Waals surface area (Å²) in [6.07, 6.45) is 6.31. The van der Waals surface area contributed by atoms with E-state index < -0.39 is 0 Å². The molecule has 0 amide bonds. The van der Waals surface area contributed by atoms with Crippen molar-refractivity contribution < 1.29 is 4.74 Å². The van der Waals surface area contributed by atoms with E-state index in [1.807, 2.05) is 18.2 Å². The Morgan fingerprint density at radius 3 is 2.59 bits per heavy atom. The van der Waals surface area contributed by atoms with Gasteiger partial charge in [-0.15, -0.1) is 11.6 Å². The van der Waals surface area contributed by atoms with Crippen LogP contribution in [0.4, 0.5) is 0 Å². The first-order valence-corrected chi connectivity index (χ1v) is 7.58. The summed E-state index contributed by atoms with van der Waals surface area (Å²) in [7, 11) is 0. The van der Waals surface area contributed by atoms with Gasteiger partial charge in [-0.05, 0) is 40.0 Å². The van der Waals surface area contributed by atoms with Crippen molar-refractivity contribution in [3.8, 4) is 5.75 Å². The highest BCUT2D eigenvalue weighted by Crippen LogP contribution is 2.26. The largest absolute Gasteiger partial charge is 0.492 e. The molecule has 0 aromatic heterocycles. The van der Waals surface area contributed by atoms with E-state index in [-0.39, 0.29) is 0 Å². The standard InChI is InChI=1S/C14H20BrClO/c1-2-3-4-5-6-9-17-14-8-7-12(11-16)10-13(14)15/h7-8,10H,2-6,9,11H2,1H3. The van der Waals surface area contributed by atoms with Gasteiger partial charge in [0, 0.05) is 5.88 Å². The number of hydrogen-bond donors (Lipinski definition) is 0. The Kier molecular flexibility index (Phi) is 7.70. The van der Waals surface area contributed by atoms with E-state index in [0.717, 1.165) is 28.8 Å². The minimum absolute atomic E-state index is 0.538. The molecule has 17 heavy (non-hydrogen) atoms. The van der Waals surface area contributed by atoms with Crippen LogP contribution in [0, 0.1) is 0 Å². The fourth-order valence-electron chi connectivity index (χ4n) is 1.63. The van der Waals surface area contributed by atoms with Gasteiger partial charge in [-0.25, -0.2) is 0 Å². The van der Waals surface area contributed by atoms with E-state index in [0.29, 0.717) is 5.88 Å². The molecule has 0 bridgehead atoms. The lowest BCUT2D eigenvalue weighted by Crippen LogP contribution is -1.98. The molecule has 0 heterocycles. The molecule has 96 valence electrons. The topological polar surface area (TPSA) is 9.23 Å². The number of alkyl halides is 1. The van der Waals surface area contributed by atoms with Gasteiger partial charge in [0.2, 0.25) is 0 Å². The second-order valence-corrected chi connectivity index (χ2v) is 5.28. The first-order chi connectivity index (χ1) is 8.27. The molecule has 1 aromatic rings. The predicted octanol–water partition coefficient (Wildman–Crippen LogP) is 5.54. The lowest BCUT2D eigenvalue weighted by Gasteiger charge is -2.09. The average molecular weight is 320 g/mol. The molecule has 1 rings (SSSR count). The van der Waals surface area contributed by atoms with Gasteiger partial charge in [0.15, 0.2) is 0 Å². The summed E-state index contributed by atoms with van der Waals surface area (Å²) in [4.78, 5) is 0. The number of ether oxygens (including phenoxy) is 1. The van der Waals surface area contributed by atoms with Gasteiger partial charge in [0.05, 0.1) is 11.1 Å². The fourth-order valence-corrected chi connectivity index (χ4v) is 2.34. The quantitative estimate of drug-likeness (QED) is 0.452. The summed E-state index contributed by atoms with van der Waals surface area (Å²) >= 11 is 9.26. The normalized spacial score (nSPS) is 10.5. The van der Waals surface area contributed by atoms with Gasteiger partial charge in [-0.1, -0.05) is 38.7 Å². The third-order valence-electron chi connectivity index (χ3n) is 2.66. The maximum absolute atomic E-state index is 5.76. The summed E-state index contributed by atoms with van der Waals surface area (Å²) < 4.78 is 6.72. The molecule has 0 saturated heterocycles. The third-order valence-corrected chi connectivity index (χ3v) is 3.58. The molecule has 0 fully saturated rings. The maximum atomic E-state index is 5.76. The lowest BCUT2D eigenvalue weighted by atomic mass is 10.2.